The van der Waals surface area contributed by atoms with E-state index in [1.54, 1.807) is 6.07 Å². The molecule has 3 aromatic rings. The Bertz CT molecular complexity index is 1530. The Morgan fingerprint density at radius 3 is 2.56 bits per heavy atom. The number of rotatable bonds is 9. The van der Waals surface area contributed by atoms with Crippen LogP contribution in [0.3, 0.4) is 0 Å². The van der Waals surface area contributed by atoms with Crippen molar-refractivity contribution in [3.8, 4) is 5.75 Å². The van der Waals surface area contributed by atoms with Crippen molar-refractivity contribution < 1.29 is 19.4 Å². The molecule has 0 spiro atoms. The van der Waals surface area contributed by atoms with Crippen molar-refractivity contribution in [1.82, 2.24) is 9.88 Å². The molecule has 2 fully saturated rings. The number of pyridine rings is 1. The SMILES string of the molecule is CCCC1=C2[C@@H](CC/C(=C/c3ccc(O)c4ccccc34)c3ccccn3)OC[C@@H]2[C@@H]2C(=O)N(CCC)C(=O)[C@@H]2C1. The maximum Gasteiger partial charge on any atom is 0.233 e. The maximum absolute atomic E-state index is 13.4. The number of hydrogen-bond acceptors (Lipinski definition) is 5. The largest absolute Gasteiger partial charge is 0.507 e. The Balaban J connectivity index is 1.32. The standard InChI is InChI=1S/C35H38N2O4/c1-3-9-24-20-27-33(35(40)37(18-4-2)34(27)39)28-21-41-31(32(24)28)16-14-23(29-12-7-8-17-36-29)19-22-13-15-30(38)26-11-6-5-10-25(22)26/h5-8,10-13,15,17,19,27-28,31,33,38H,3-4,9,14,16,18,20-21H2,1-2H3/b23-19-/t27-,28+,31-,33-/m1/s1. The predicted molar refractivity (Wildman–Crippen MR) is 161 cm³/mol. The second-order valence-electron chi connectivity index (χ2n) is 11.5. The first-order valence-electron chi connectivity index (χ1n) is 15.0. The molecule has 6 rings (SSSR count). The van der Waals surface area contributed by atoms with Crippen LogP contribution in [0, 0.1) is 17.8 Å². The second kappa shape index (κ2) is 11.6. The smallest absolute Gasteiger partial charge is 0.233 e. The highest BCUT2D eigenvalue weighted by atomic mass is 16.5. The lowest BCUT2D eigenvalue weighted by molar-refractivity contribution is -0.140. The molecule has 2 saturated heterocycles. The summed E-state index contributed by atoms with van der Waals surface area (Å²) in [6.07, 6.45) is 8.83. The third-order valence-corrected chi connectivity index (χ3v) is 9.03. The number of aromatic nitrogens is 1. The zero-order valence-electron chi connectivity index (χ0n) is 23.9. The molecule has 0 radical (unpaired) electrons. The van der Waals surface area contributed by atoms with Crippen molar-refractivity contribution >= 4 is 34.2 Å². The molecule has 2 amide bonds. The Morgan fingerprint density at radius 1 is 1.00 bits per heavy atom. The van der Waals surface area contributed by atoms with Crippen LogP contribution in [0.2, 0.25) is 0 Å². The number of ether oxygens (including phenoxy) is 1. The number of phenolic OH excluding ortho intramolecular Hbond substituents is 1. The summed E-state index contributed by atoms with van der Waals surface area (Å²) in [7, 11) is 0. The van der Waals surface area contributed by atoms with Crippen molar-refractivity contribution in [2.24, 2.45) is 17.8 Å². The first-order valence-corrected chi connectivity index (χ1v) is 15.0. The van der Waals surface area contributed by atoms with E-state index in [9.17, 15) is 14.7 Å². The van der Waals surface area contributed by atoms with Crippen molar-refractivity contribution in [3.05, 3.63) is 83.2 Å². The number of carbonyl (C=O) groups excluding carboxylic acids is 2. The van der Waals surface area contributed by atoms with E-state index in [-0.39, 0.29) is 41.4 Å². The summed E-state index contributed by atoms with van der Waals surface area (Å²) >= 11 is 0. The fourth-order valence-corrected chi connectivity index (χ4v) is 7.25. The molecule has 6 heteroatoms. The average Bonchev–Trinajstić information content (AvgIpc) is 3.52. The van der Waals surface area contributed by atoms with E-state index in [4.69, 9.17) is 4.74 Å². The molecular formula is C35H38N2O4. The molecule has 1 N–H and O–H groups in total. The normalized spacial score (nSPS) is 24.3. The Morgan fingerprint density at radius 2 is 1.80 bits per heavy atom. The van der Waals surface area contributed by atoms with Gasteiger partial charge in [-0.3, -0.25) is 19.5 Å². The number of hydrogen-bond donors (Lipinski definition) is 1. The van der Waals surface area contributed by atoms with Gasteiger partial charge in [-0.25, -0.2) is 0 Å². The van der Waals surface area contributed by atoms with Gasteiger partial charge in [-0.1, -0.05) is 62.2 Å². The number of benzene rings is 2. The monoisotopic (exact) mass is 550 g/mol. The highest BCUT2D eigenvalue weighted by Gasteiger charge is 2.56. The number of likely N-dealkylation sites (tertiary alicyclic amines) is 1. The van der Waals surface area contributed by atoms with Gasteiger partial charge < -0.3 is 9.84 Å². The van der Waals surface area contributed by atoms with Crippen LogP contribution in [-0.2, 0) is 14.3 Å². The fraction of sp³-hybridized carbons (Fsp3) is 0.400. The Hall–Kier alpha value is -3.77. The van der Waals surface area contributed by atoms with E-state index < -0.39 is 0 Å². The third-order valence-electron chi connectivity index (χ3n) is 9.03. The average molecular weight is 551 g/mol. The molecule has 0 saturated carbocycles. The number of imide groups is 1. The van der Waals surface area contributed by atoms with Gasteiger partial charge >= 0.3 is 0 Å². The molecule has 2 aliphatic heterocycles. The second-order valence-corrected chi connectivity index (χ2v) is 11.5. The van der Waals surface area contributed by atoms with Crippen molar-refractivity contribution in [1.29, 1.82) is 0 Å². The van der Waals surface area contributed by atoms with Crippen LogP contribution < -0.4 is 0 Å². The summed E-state index contributed by atoms with van der Waals surface area (Å²) in [5, 5.41) is 12.2. The zero-order chi connectivity index (χ0) is 28.5. The number of allylic oxidation sites excluding steroid dienone is 2. The minimum Gasteiger partial charge on any atom is -0.507 e. The Labute approximate surface area is 241 Å². The van der Waals surface area contributed by atoms with Gasteiger partial charge in [-0.15, -0.1) is 0 Å². The summed E-state index contributed by atoms with van der Waals surface area (Å²) in [6, 6.07) is 17.5. The molecule has 2 aromatic carbocycles. The van der Waals surface area contributed by atoms with E-state index in [1.165, 1.54) is 16.0 Å². The van der Waals surface area contributed by atoms with E-state index >= 15 is 0 Å². The van der Waals surface area contributed by atoms with Gasteiger partial charge in [0, 0.05) is 24.0 Å². The lowest BCUT2D eigenvalue weighted by atomic mass is 9.68. The first-order chi connectivity index (χ1) is 20.0. The van der Waals surface area contributed by atoms with Crippen LogP contribution in [-0.4, -0.2) is 46.1 Å². The van der Waals surface area contributed by atoms with Crippen molar-refractivity contribution in [3.63, 3.8) is 0 Å². The van der Waals surface area contributed by atoms with E-state index in [2.05, 4.69) is 18.0 Å². The number of phenols is 1. The molecule has 0 unspecified atom stereocenters. The minimum atomic E-state index is -0.288. The molecule has 4 atom stereocenters. The summed E-state index contributed by atoms with van der Waals surface area (Å²) in [4.78, 5) is 32.8. The van der Waals surface area contributed by atoms with E-state index in [1.807, 2.05) is 61.7 Å². The van der Waals surface area contributed by atoms with Crippen LogP contribution in [0.1, 0.15) is 63.6 Å². The van der Waals surface area contributed by atoms with Gasteiger partial charge in [0.2, 0.25) is 11.8 Å². The van der Waals surface area contributed by atoms with E-state index in [0.717, 1.165) is 59.7 Å². The number of amides is 2. The highest BCUT2D eigenvalue weighted by molar-refractivity contribution is 6.06. The molecule has 41 heavy (non-hydrogen) atoms. The fourth-order valence-electron chi connectivity index (χ4n) is 7.25. The number of fused-ring (bicyclic) bond motifs is 4. The van der Waals surface area contributed by atoms with Gasteiger partial charge in [0.1, 0.15) is 5.75 Å². The van der Waals surface area contributed by atoms with Crippen molar-refractivity contribution in [2.45, 2.75) is 58.5 Å². The number of carbonyl (C=O) groups is 2. The van der Waals surface area contributed by atoms with Crippen LogP contribution in [0.15, 0.2) is 71.9 Å². The van der Waals surface area contributed by atoms with Gasteiger partial charge in [0.25, 0.3) is 0 Å². The maximum atomic E-state index is 13.4. The van der Waals surface area contributed by atoms with Crippen LogP contribution in [0.4, 0.5) is 0 Å². The molecule has 1 aliphatic carbocycles. The van der Waals surface area contributed by atoms with Crippen LogP contribution in [0.25, 0.3) is 22.4 Å². The third kappa shape index (κ3) is 4.99. The topological polar surface area (TPSA) is 79.7 Å². The number of aromatic hydroxyl groups is 1. The molecule has 3 aliphatic rings. The predicted octanol–water partition coefficient (Wildman–Crippen LogP) is 6.79. The zero-order valence-corrected chi connectivity index (χ0v) is 23.9. The van der Waals surface area contributed by atoms with Gasteiger partial charge in [-0.05, 0) is 78.5 Å². The van der Waals surface area contributed by atoms with Gasteiger partial charge in [0.05, 0.1) is 30.2 Å². The quantitative estimate of drug-likeness (QED) is 0.234. The molecule has 3 heterocycles. The first kappa shape index (κ1) is 27.4. The number of nitrogens with zero attached hydrogens (tertiary/aromatic N) is 2. The molecule has 6 nitrogen and oxygen atoms in total. The van der Waals surface area contributed by atoms with Crippen LogP contribution in [0.5, 0.6) is 5.75 Å². The van der Waals surface area contributed by atoms with E-state index in [0.29, 0.717) is 19.6 Å². The summed E-state index contributed by atoms with van der Waals surface area (Å²) in [5.41, 5.74) is 5.65. The molecule has 1 aromatic heterocycles. The van der Waals surface area contributed by atoms with Crippen molar-refractivity contribution in [2.75, 3.05) is 13.2 Å². The van der Waals surface area contributed by atoms with Crippen LogP contribution >= 0.6 is 0 Å². The Kier molecular flexibility index (Phi) is 7.76. The summed E-state index contributed by atoms with van der Waals surface area (Å²) in [6.45, 7) is 5.19. The highest BCUT2D eigenvalue weighted by Crippen LogP contribution is 2.51. The lowest BCUT2D eigenvalue weighted by Crippen LogP contribution is -2.34. The molecule has 0 bridgehead atoms. The lowest BCUT2D eigenvalue weighted by Gasteiger charge is -2.32. The molecule has 212 valence electrons. The molecular weight excluding hydrogens is 512 g/mol. The van der Waals surface area contributed by atoms with Gasteiger partial charge in [0.15, 0.2) is 0 Å². The summed E-state index contributed by atoms with van der Waals surface area (Å²) < 4.78 is 6.47. The van der Waals surface area contributed by atoms with Gasteiger partial charge in [-0.2, -0.15) is 0 Å². The minimum absolute atomic E-state index is 0.00238. The summed E-state index contributed by atoms with van der Waals surface area (Å²) in [5.74, 6) is -0.257.